The molecular weight excluding hydrogens is 611 g/mol. The Morgan fingerprint density at radius 2 is 1.77 bits per heavy atom. The van der Waals surface area contributed by atoms with Crippen LogP contribution in [0.15, 0.2) is 11.6 Å². The van der Waals surface area contributed by atoms with Gasteiger partial charge in [-0.25, -0.2) is 0 Å². The van der Waals surface area contributed by atoms with Gasteiger partial charge in [-0.3, -0.25) is 0 Å². The van der Waals surface area contributed by atoms with Crippen LogP contribution in [0.2, 0.25) is 0 Å². The molecule has 5 fully saturated rings. The maximum Gasteiger partial charge on any atom is 0.172 e. The molecule has 0 unspecified atom stereocenters. The molecule has 0 aromatic carbocycles. The SMILES string of the molecule is CC(C)CCC[C@@H](C)[C@H]1CC[C@H]2[C@@H]3CC=C4C[C@@H](O[C@@H]5OC[C@H]6OC(C)(C)O[C@H]6[C@H]5I)CC[C@]4(C)[C@H]3CC[C@]12C. The monoisotopic (exact) mass is 668 g/mol. The Morgan fingerprint density at radius 3 is 2.55 bits per heavy atom. The lowest BCUT2D eigenvalue weighted by atomic mass is 9.47. The van der Waals surface area contributed by atoms with Crippen molar-refractivity contribution in [2.45, 2.75) is 153 Å². The second-order valence-corrected chi connectivity index (χ2v) is 17.5. The van der Waals surface area contributed by atoms with Crippen LogP contribution in [0.4, 0.5) is 0 Å². The summed E-state index contributed by atoms with van der Waals surface area (Å²) >= 11 is 2.48. The summed E-state index contributed by atoms with van der Waals surface area (Å²) in [5.41, 5.74) is 2.62. The molecule has 2 heterocycles. The molecule has 4 aliphatic carbocycles. The smallest absolute Gasteiger partial charge is 0.172 e. The van der Waals surface area contributed by atoms with Crippen LogP contribution in [-0.2, 0) is 18.9 Å². The van der Waals surface area contributed by atoms with E-state index in [1.807, 2.05) is 13.8 Å². The van der Waals surface area contributed by atoms with Gasteiger partial charge in [0.25, 0.3) is 0 Å². The van der Waals surface area contributed by atoms with E-state index in [1.165, 1.54) is 57.8 Å². The summed E-state index contributed by atoms with van der Waals surface area (Å²) in [7, 11) is 0. The summed E-state index contributed by atoms with van der Waals surface area (Å²) in [6.07, 6.45) is 17.7. The van der Waals surface area contributed by atoms with Gasteiger partial charge in [-0.15, -0.1) is 0 Å². The van der Waals surface area contributed by atoms with Crippen molar-refractivity contribution in [1.82, 2.24) is 0 Å². The molecule has 3 saturated carbocycles. The summed E-state index contributed by atoms with van der Waals surface area (Å²) in [5.74, 6) is 4.80. The van der Waals surface area contributed by atoms with E-state index in [2.05, 4.69) is 63.3 Å². The first-order valence-corrected chi connectivity index (χ1v) is 18.1. The highest BCUT2D eigenvalue weighted by Crippen LogP contribution is 2.67. The fourth-order valence-corrected chi connectivity index (χ4v) is 11.8. The molecule has 12 atom stereocenters. The van der Waals surface area contributed by atoms with Gasteiger partial charge in [-0.05, 0) is 112 Å². The number of fused-ring (bicyclic) bond motifs is 6. The zero-order valence-electron chi connectivity index (χ0n) is 26.4. The summed E-state index contributed by atoms with van der Waals surface area (Å²) in [4.78, 5) is 0. The number of rotatable bonds is 7. The largest absolute Gasteiger partial charge is 0.349 e. The molecule has 0 bridgehead atoms. The Morgan fingerprint density at radius 1 is 0.975 bits per heavy atom. The van der Waals surface area contributed by atoms with Crippen molar-refractivity contribution in [1.29, 1.82) is 0 Å². The minimum atomic E-state index is -0.533. The molecule has 6 aliphatic rings. The van der Waals surface area contributed by atoms with Crippen molar-refractivity contribution in [3.8, 4) is 0 Å². The van der Waals surface area contributed by atoms with Crippen molar-refractivity contribution in [2.24, 2.45) is 46.3 Å². The topological polar surface area (TPSA) is 36.9 Å². The summed E-state index contributed by atoms with van der Waals surface area (Å²) in [5, 5.41) is 0. The molecule has 0 radical (unpaired) electrons. The Balaban J connectivity index is 1.09. The van der Waals surface area contributed by atoms with Crippen molar-refractivity contribution in [3.63, 3.8) is 0 Å². The van der Waals surface area contributed by atoms with E-state index in [1.54, 1.807) is 5.57 Å². The number of halogens is 1. The predicted octanol–water partition coefficient (Wildman–Crippen LogP) is 9.09. The third-order valence-electron chi connectivity index (χ3n) is 12.8. The van der Waals surface area contributed by atoms with Gasteiger partial charge < -0.3 is 18.9 Å². The van der Waals surface area contributed by atoms with Crippen LogP contribution in [0.5, 0.6) is 0 Å². The van der Waals surface area contributed by atoms with E-state index < -0.39 is 5.79 Å². The molecule has 0 amide bonds. The highest BCUT2D eigenvalue weighted by atomic mass is 127. The van der Waals surface area contributed by atoms with Crippen LogP contribution < -0.4 is 0 Å². The minimum absolute atomic E-state index is 0.0135. The molecule has 4 nitrogen and oxygen atoms in total. The normalized spacial score (nSPS) is 48.6. The molecule has 228 valence electrons. The maximum absolute atomic E-state index is 6.72. The Kier molecular flexibility index (Phi) is 8.61. The van der Waals surface area contributed by atoms with Gasteiger partial charge in [0.2, 0.25) is 0 Å². The molecule has 6 rings (SSSR count). The molecule has 0 N–H and O–H groups in total. The number of hydrogen-bond acceptors (Lipinski definition) is 4. The van der Waals surface area contributed by atoms with E-state index >= 15 is 0 Å². The quantitative estimate of drug-likeness (QED) is 0.154. The second-order valence-electron chi connectivity index (χ2n) is 16.1. The van der Waals surface area contributed by atoms with Gasteiger partial charge in [-0.1, -0.05) is 88.1 Å². The zero-order valence-corrected chi connectivity index (χ0v) is 28.6. The summed E-state index contributed by atoms with van der Waals surface area (Å²) in [6.45, 7) is 17.3. The minimum Gasteiger partial charge on any atom is -0.349 e. The summed E-state index contributed by atoms with van der Waals surface area (Å²) in [6, 6.07) is 0. The van der Waals surface area contributed by atoms with E-state index in [4.69, 9.17) is 18.9 Å². The van der Waals surface area contributed by atoms with Crippen LogP contribution in [-0.4, -0.2) is 40.9 Å². The van der Waals surface area contributed by atoms with Crippen LogP contribution in [0.25, 0.3) is 0 Å². The first kappa shape index (κ1) is 30.3. The molecular formula is C35H57IO4. The fraction of sp³-hybridized carbons (Fsp3) is 0.943. The van der Waals surface area contributed by atoms with Gasteiger partial charge in [0.15, 0.2) is 12.1 Å². The lowest BCUT2D eigenvalue weighted by Crippen LogP contribution is -2.52. The van der Waals surface area contributed by atoms with Crippen LogP contribution >= 0.6 is 22.6 Å². The van der Waals surface area contributed by atoms with E-state index in [-0.39, 0.29) is 28.5 Å². The van der Waals surface area contributed by atoms with Crippen molar-refractivity contribution >= 4 is 22.6 Å². The van der Waals surface area contributed by atoms with Gasteiger partial charge in [0, 0.05) is 0 Å². The van der Waals surface area contributed by atoms with Crippen molar-refractivity contribution in [3.05, 3.63) is 11.6 Å². The van der Waals surface area contributed by atoms with E-state index in [0.717, 1.165) is 48.3 Å². The predicted molar refractivity (Wildman–Crippen MR) is 169 cm³/mol. The number of alkyl halides is 1. The molecule has 5 heteroatoms. The third kappa shape index (κ3) is 5.41. The third-order valence-corrected chi connectivity index (χ3v) is 14.1. The number of allylic oxidation sites excluding steroid dienone is 1. The molecule has 2 aliphatic heterocycles. The highest BCUT2D eigenvalue weighted by molar-refractivity contribution is 14.1. The van der Waals surface area contributed by atoms with Crippen LogP contribution in [0, 0.1) is 46.3 Å². The average Bonchev–Trinajstić information content (AvgIpc) is 3.41. The van der Waals surface area contributed by atoms with E-state index in [9.17, 15) is 0 Å². The maximum atomic E-state index is 6.72. The lowest BCUT2D eigenvalue weighted by Gasteiger charge is -2.58. The molecule has 0 spiro atoms. The van der Waals surface area contributed by atoms with Gasteiger partial charge >= 0.3 is 0 Å². The molecule has 40 heavy (non-hydrogen) atoms. The molecule has 0 aromatic rings. The molecule has 0 aromatic heterocycles. The summed E-state index contributed by atoms with van der Waals surface area (Å²) < 4.78 is 25.4. The van der Waals surface area contributed by atoms with Gasteiger partial charge in [0.1, 0.15) is 12.2 Å². The number of hydrogen-bond donors (Lipinski definition) is 0. The standard InChI is InChI=1S/C35H57IO4/c1-21(2)9-8-10-22(3)26-13-14-27-25-12-11-23-19-24(15-17-34(23,6)28(25)16-18-35(26,27)7)38-32-30(36)31-29(20-37-32)39-33(4,5)40-31/h11,21-22,24-32H,8-10,12-20H2,1-7H3/t22-,24+,25+,26-,27+,28+,29-,30-,31-,32+,34+,35-/m1/s1. The first-order chi connectivity index (χ1) is 18.9. The number of ether oxygens (including phenoxy) is 4. The average molecular weight is 669 g/mol. The molecule has 2 saturated heterocycles. The van der Waals surface area contributed by atoms with Crippen LogP contribution in [0.1, 0.15) is 119 Å². The lowest BCUT2D eigenvalue weighted by molar-refractivity contribution is -0.213. The zero-order chi connectivity index (χ0) is 28.4. The van der Waals surface area contributed by atoms with E-state index in [0.29, 0.717) is 17.4 Å². The first-order valence-electron chi connectivity index (χ1n) is 16.9. The van der Waals surface area contributed by atoms with Gasteiger partial charge in [0.05, 0.1) is 16.6 Å². The Labute approximate surface area is 258 Å². The van der Waals surface area contributed by atoms with Crippen molar-refractivity contribution < 1.29 is 18.9 Å². The highest BCUT2D eigenvalue weighted by Gasteiger charge is 2.59. The van der Waals surface area contributed by atoms with Crippen LogP contribution in [0.3, 0.4) is 0 Å². The van der Waals surface area contributed by atoms with Crippen molar-refractivity contribution in [2.75, 3.05) is 6.61 Å². The van der Waals surface area contributed by atoms with Gasteiger partial charge in [-0.2, -0.15) is 0 Å². The fourth-order valence-electron chi connectivity index (χ4n) is 10.8. The Hall–Kier alpha value is 0.310. The second kappa shape index (κ2) is 11.3. The Bertz CT molecular complexity index is 948.